The van der Waals surface area contributed by atoms with Crippen molar-refractivity contribution in [3.63, 3.8) is 0 Å². The van der Waals surface area contributed by atoms with Gasteiger partial charge in [0.1, 0.15) is 0 Å². The number of nitrogens with one attached hydrogen (secondary N) is 1. The van der Waals surface area contributed by atoms with E-state index in [0.29, 0.717) is 12.1 Å². The first-order chi connectivity index (χ1) is 10.1. The van der Waals surface area contributed by atoms with E-state index < -0.39 is 0 Å². The quantitative estimate of drug-likeness (QED) is 0.884. The fourth-order valence-electron chi connectivity index (χ4n) is 3.20. The van der Waals surface area contributed by atoms with E-state index in [1.165, 1.54) is 0 Å². The van der Waals surface area contributed by atoms with Gasteiger partial charge >= 0.3 is 0 Å². The van der Waals surface area contributed by atoms with Gasteiger partial charge in [0.2, 0.25) is 5.91 Å². The van der Waals surface area contributed by atoms with Crippen molar-refractivity contribution in [1.82, 2.24) is 10.2 Å². The fourth-order valence-corrected chi connectivity index (χ4v) is 3.20. The highest BCUT2D eigenvalue weighted by Gasteiger charge is 2.26. The van der Waals surface area contributed by atoms with E-state index in [1.54, 1.807) is 11.8 Å². The van der Waals surface area contributed by atoms with Crippen molar-refractivity contribution < 1.29 is 9.59 Å². The summed E-state index contributed by atoms with van der Waals surface area (Å²) in [4.78, 5) is 27.7. The van der Waals surface area contributed by atoms with Gasteiger partial charge < -0.3 is 15.1 Å². The average molecular weight is 287 g/mol. The van der Waals surface area contributed by atoms with Crippen LogP contribution < -0.4 is 10.2 Å². The van der Waals surface area contributed by atoms with Crippen LogP contribution in [-0.4, -0.2) is 49.4 Å². The van der Waals surface area contributed by atoms with Gasteiger partial charge in [0, 0.05) is 44.4 Å². The zero-order valence-electron chi connectivity index (χ0n) is 12.6. The van der Waals surface area contributed by atoms with E-state index in [2.05, 4.69) is 5.32 Å². The molecule has 1 aromatic rings. The predicted molar refractivity (Wildman–Crippen MR) is 81.5 cm³/mol. The number of nitrogens with zero attached hydrogens (tertiary/aromatic N) is 2. The molecule has 0 spiro atoms. The molecule has 0 radical (unpaired) electrons. The molecule has 5 heteroatoms. The Labute approximate surface area is 124 Å². The summed E-state index contributed by atoms with van der Waals surface area (Å²) in [6.45, 7) is 4.13. The molecule has 1 unspecified atom stereocenters. The van der Waals surface area contributed by atoms with Crippen LogP contribution in [0, 0.1) is 0 Å². The van der Waals surface area contributed by atoms with Crippen molar-refractivity contribution in [1.29, 1.82) is 0 Å². The third kappa shape index (κ3) is 2.53. The molecule has 1 N–H and O–H groups in total. The van der Waals surface area contributed by atoms with Gasteiger partial charge in [0.05, 0.1) is 0 Å². The van der Waals surface area contributed by atoms with Crippen LogP contribution in [0.4, 0.5) is 5.69 Å². The van der Waals surface area contributed by atoms with Crippen LogP contribution >= 0.6 is 0 Å². The highest BCUT2D eigenvalue weighted by Crippen LogP contribution is 2.29. The van der Waals surface area contributed by atoms with Crippen LogP contribution in [0.5, 0.6) is 0 Å². The number of likely N-dealkylation sites (N-methyl/N-ethyl adjacent to an activating group) is 1. The van der Waals surface area contributed by atoms with Crippen LogP contribution in [-0.2, 0) is 11.2 Å². The molecule has 112 valence electrons. The molecule has 2 heterocycles. The Kier molecular flexibility index (Phi) is 3.68. The molecule has 1 fully saturated rings. The summed E-state index contributed by atoms with van der Waals surface area (Å²) in [7, 11) is 1.87. The Bertz CT molecular complexity index is 579. The van der Waals surface area contributed by atoms with Crippen molar-refractivity contribution in [2.24, 2.45) is 0 Å². The summed E-state index contributed by atoms with van der Waals surface area (Å²) < 4.78 is 0. The van der Waals surface area contributed by atoms with Gasteiger partial charge in [-0.3, -0.25) is 9.59 Å². The lowest BCUT2D eigenvalue weighted by Gasteiger charge is -2.24. The van der Waals surface area contributed by atoms with Crippen LogP contribution in [0.2, 0.25) is 0 Å². The zero-order chi connectivity index (χ0) is 15.0. The average Bonchev–Trinajstić information content (AvgIpc) is 3.13. The lowest BCUT2D eigenvalue weighted by atomic mass is 10.1. The normalized spacial score (nSPS) is 20.5. The van der Waals surface area contributed by atoms with Gasteiger partial charge in [-0.1, -0.05) is 0 Å². The molecule has 5 nitrogen and oxygen atoms in total. The molecular weight excluding hydrogens is 266 g/mol. The summed E-state index contributed by atoms with van der Waals surface area (Å²) in [5, 5.41) is 3.28. The second-order valence-electron chi connectivity index (χ2n) is 5.83. The largest absolute Gasteiger partial charge is 0.337 e. The Balaban J connectivity index is 1.81. The van der Waals surface area contributed by atoms with Crippen LogP contribution in [0.25, 0.3) is 0 Å². The maximum atomic E-state index is 12.6. The Morgan fingerprint density at radius 3 is 2.86 bits per heavy atom. The molecule has 2 aliphatic heterocycles. The third-order valence-electron chi connectivity index (χ3n) is 4.50. The Morgan fingerprint density at radius 2 is 2.19 bits per heavy atom. The number of carbonyl (C=O) groups excluding carboxylic acids is 2. The minimum absolute atomic E-state index is 0.0574. The highest BCUT2D eigenvalue weighted by atomic mass is 16.2. The van der Waals surface area contributed by atoms with Gasteiger partial charge in [0.25, 0.3) is 5.91 Å². The van der Waals surface area contributed by atoms with Crippen LogP contribution in [0.15, 0.2) is 18.2 Å². The smallest absolute Gasteiger partial charge is 0.253 e. The number of carbonyl (C=O) groups is 2. The summed E-state index contributed by atoms with van der Waals surface area (Å²) in [6.07, 6.45) is 1.83. The zero-order valence-corrected chi connectivity index (χ0v) is 12.6. The first-order valence-corrected chi connectivity index (χ1v) is 7.47. The molecule has 1 atom stereocenters. The second-order valence-corrected chi connectivity index (χ2v) is 5.83. The van der Waals surface area contributed by atoms with Gasteiger partial charge in [0.15, 0.2) is 0 Å². The first kappa shape index (κ1) is 14.1. The monoisotopic (exact) mass is 287 g/mol. The van der Waals surface area contributed by atoms with Crippen molar-refractivity contribution in [3.8, 4) is 0 Å². The van der Waals surface area contributed by atoms with Crippen LogP contribution in [0.1, 0.15) is 29.3 Å². The molecule has 0 bridgehead atoms. The third-order valence-corrected chi connectivity index (χ3v) is 4.50. The minimum Gasteiger partial charge on any atom is -0.337 e. The van der Waals surface area contributed by atoms with E-state index in [0.717, 1.165) is 37.2 Å². The van der Waals surface area contributed by atoms with Gasteiger partial charge in [-0.05, 0) is 43.1 Å². The standard InChI is InChI=1S/C16H21N3O2/c1-11(20)19-8-6-12-9-13(3-4-15(12)19)16(21)18(2)14-5-7-17-10-14/h3-4,9,14,17H,5-8,10H2,1-2H3. The number of amides is 2. The van der Waals surface area contributed by atoms with E-state index in [4.69, 9.17) is 0 Å². The van der Waals surface area contributed by atoms with Crippen molar-refractivity contribution >= 4 is 17.5 Å². The van der Waals surface area contributed by atoms with E-state index in [9.17, 15) is 9.59 Å². The number of hydrogen-bond acceptors (Lipinski definition) is 3. The summed E-state index contributed by atoms with van der Waals surface area (Å²) in [5.74, 6) is 0.120. The molecule has 0 saturated carbocycles. The summed E-state index contributed by atoms with van der Waals surface area (Å²) in [6, 6.07) is 5.96. The number of hydrogen-bond donors (Lipinski definition) is 1. The molecule has 0 aromatic heterocycles. The number of rotatable bonds is 2. The molecule has 0 aliphatic carbocycles. The second kappa shape index (κ2) is 5.48. The molecule has 1 aromatic carbocycles. The molecule has 2 amide bonds. The molecule has 2 aliphatic rings. The summed E-state index contributed by atoms with van der Waals surface area (Å²) in [5.41, 5.74) is 2.76. The lowest BCUT2D eigenvalue weighted by molar-refractivity contribution is -0.116. The number of anilines is 1. The van der Waals surface area contributed by atoms with Gasteiger partial charge in [-0.15, -0.1) is 0 Å². The SMILES string of the molecule is CC(=O)N1CCc2cc(C(=O)N(C)C3CCNC3)ccc21. The maximum absolute atomic E-state index is 12.6. The van der Waals surface area contributed by atoms with Gasteiger partial charge in [-0.2, -0.15) is 0 Å². The van der Waals surface area contributed by atoms with E-state index in [-0.39, 0.29) is 17.9 Å². The Morgan fingerprint density at radius 1 is 1.38 bits per heavy atom. The topological polar surface area (TPSA) is 52.7 Å². The van der Waals surface area contributed by atoms with Crippen molar-refractivity contribution in [2.75, 3.05) is 31.6 Å². The number of fused-ring (bicyclic) bond motifs is 1. The van der Waals surface area contributed by atoms with Crippen molar-refractivity contribution in [2.45, 2.75) is 25.8 Å². The highest BCUT2D eigenvalue weighted by molar-refractivity contribution is 5.97. The number of benzene rings is 1. The Hall–Kier alpha value is -1.88. The van der Waals surface area contributed by atoms with Gasteiger partial charge in [-0.25, -0.2) is 0 Å². The van der Waals surface area contributed by atoms with Crippen molar-refractivity contribution in [3.05, 3.63) is 29.3 Å². The molecule has 21 heavy (non-hydrogen) atoms. The lowest BCUT2D eigenvalue weighted by Crippen LogP contribution is -2.38. The maximum Gasteiger partial charge on any atom is 0.253 e. The molecule has 3 rings (SSSR count). The van der Waals surface area contributed by atoms with E-state index >= 15 is 0 Å². The molecular formula is C16H21N3O2. The predicted octanol–water partition coefficient (Wildman–Crippen LogP) is 1.03. The first-order valence-electron chi connectivity index (χ1n) is 7.47. The van der Waals surface area contributed by atoms with E-state index in [1.807, 2.05) is 30.1 Å². The minimum atomic E-state index is 0.0574. The summed E-state index contributed by atoms with van der Waals surface area (Å²) >= 11 is 0. The van der Waals surface area contributed by atoms with Crippen LogP contribution in [0.3, 0.4) is 0 Å². The molecule has 1 saturated heterocycles. The fraction of sp³-hybridized carbons (Fsp3) is 0.500.